The third kappa shape index (κ3) is 8.41. The van der Waals surface area contributed by atoms with Gasteiger partial charge in [-0.3, -0.25) is 0 Å². The van der Waals surface area contributed by atoms with E-state index in [-0.39, 0.29) is 13.2 Å². The van der Waals surface area contributed by atoms with E-state index in [9.17, 15) is 5.11 Å². The first-order valence-electron chi connectivity index (χ1n) is 7.53. The average molecular weight is 360 g/mol. The van der Waals surface area contributed by atoms with Gasteiger partial charge in [-0.15, -0.1) is 0 Å². The summed E-state index contributed by atoms with van der Waals surface area (Å²) in [5.74, 6) is 1.21. The van der Waals surface area contributed by atoms with Crippen LogP contribution in [0.2, 0.25) is 0 Å². The van der Waals surface area contributed by atoms with Crippen molar-refractivity contribution in [1.29, 1.82) is 0 Å². The van der Waals surface area contributed by atoms with Gasteiger partial charge >= 0.3 is 0 Å². The van der Waals surface area contributed by atoms with Crippen molar-refractivity contribution < 1.29 is 14.9 Å². The van der Waals surface area contributed by atoms with E-state index in [1.165, 1.54) is 0 Å². The van der Waals surface area contributed by atoms with Gasteiger partial charge in [-0.25, -0.2) is 0 Å². The Morgan fingerprint density at radius 2 is 2.10 bits per heavy atom. The Morgan fingerprint density at radius 3 is 2.76 bits per heavy atom. The fraction of sp³-hybridized carbons (Fsp3) is 0.625. The van der Waals surface area contributed by atoms with Gasteiger partial charge in [0.25, 0.3) is 0 Å². The summed E-state index contributed by atoms with van der Waals surface area (Å²) in [6.45, 7) is 3.95. The topological polar surface area (TPSA) is 61.7 Å². The van der Waals surface area contributed by atoms with Gasteiger partial charge in [0.1, 0.15) is 18.5 Å². The number of aliphatic hydroxyl groups excluding tert-OH is 2. The van der Waals surface area contributed by atoms with Gasteiger partial charge in [-0.1, -0.05) is 35.3 Å². The average Bonchev–Trinajstić information content (AvgIpc) is 2.46. The van der Waals surface area contributed by atoms with Crippen LogP contribution < -0.4 is 10.1 Å². The molecule has 1 rings (SSSR count). The highest BCUT2D eigenvalue weighted by Crippen LogP contribution is 2.17. The van der Waals surface area contributed by atoms with Gasteiger partial charge in [0.2, 0.25) is 0 Å². The molecule has 0 aromatic heterocycles. The molecule has 0 heterocycles. The van der Waals surface area contributed by atoms with Crippen LogP contribution >= 0.6 is 15.9 Å². The Hall–Kier alpha value is -0.620. The first-order chi connectivity index (χ1) is 10.2. The molecule has 0 aliphatic heterocycles. The number of hydrogen-bond donors (Lipinski definition) is 3. The van der Waals surface area contributed by atoms with Gasteiger partial charge < -0.3 is 20.3 Å². The lowest BCUT2D eigenvalue weighted by Gasteiger charge is -2.18. The Morgan fingerprint density at radius 1 is 1.29 bits per heavy atom. The van der Waals surface area contributed by atoms with Crippen LogP contribution in [0.25, 0.3) is 0 Å². The van der Waals surface area contributed by atoms with E-state index in [4.69, 9.17) is 9.84 Å². The van der Waals surface area contributed by atoms with Crippen molar-refractivity contribution in [2.45, 2.75) is 32.3 Å². The molecule has 120 valence electrons. The zero-order valence-corrected chi connectivity index (χ0v) is 14.2. The lowest BCUT2D eigenvalue weighted by molar-refractivity contribution is 0.105. The molecule has 0 fully saturated rings. The van der Waals surface area contributed by atoms with Gasteiger partial charge in [0.05, 0.1) is 0 Å². The molecule has 2 atom stereocenters. The summed E-state index contributed by atoms with van der Waals surface area (Å²) in [7, 11) is 0. The second-order valence-electron chi connectivity index (χ2n) is 5.25. The Labute approximate surface area is 135 Å². The molecule has 2 unspecified atom stereocenters. The minimum atomic E-state index is -0.541. The highest BCUT2D eigenvalue weighted by Gasteiger charge is 2.09. The Bertz CT molecular complexity index is 384. The van der Waals surface area contributed by atoms with Crippen LogP contribution in [-0.4, -0.2) is 42.6 Å². The minimum Gasteiger partial charge on any atom is -0.491 e. The summed E-state index contributed by atoms with van der Waals surface area (Å²) in [6, 6.07) is 7.57. The van der Waals surface area contributed by atoms with Gasteiger partial charge in [-0.05, 0) is 43.5 Å². The summed E-state index contributed by atoms with van der Waals surface area (Å²) >= 11 is 3.38. The van der Waals surface area contributed by atoms with E-state index < -0.39 is 6.10 Å². The smallest absolute Gasteiger partial charge is 0.120 e. The molecular weight excluding hydrogens is 334 g/mol. The maximum absolute atomic E-state index is 9.90. The molecule has 1 aromatic carbocycles. The van der Waals surface area contributed by atoms with Crippen molar-refractivity contribution in [3.05, 3.63) is 28.7 Å². The number of hydrogen-bond acceptors (Lipinski definition) is 4. The summed E-state index contributed by atoms with van der Waals surface area (Å²) in [5.41, 5.74) is 0. The molecule has 3 N–H and O–H groups in total. The van der Waals surface area contributed by atoms with Crippen molar-refractivity contribution in [3.8, 4) is 5.75 Å². The third-order valence-electron chi connectivity index (χ3n) is 3.29. The van der Waals surface area contributed by atoms with Gasteiger partial charge in [0, 0.05) is 17.6 Å². The number of aliphatic hydroxyl groups is 2. The minimum absolute atomic E-state index is 0.223. The quantitative estimate of drug-likeness (QED) is 0.568. The molecular formula is C16H26BrNO3. The van der Waals surface area contributed by atoms with Crippen LogP contribution in [0, 0.1) is 5.92 Å². The molecule has 0 radical (unpaired) electrons. The van der Waals surface area contributed by atoms with Crippen LogP contribution in [0.1, 0.15) is 26.2 Å². The van der Waals surface area contributed by atoms with Crippen molar-refractivity contribution in [3.63, 3.8) is 0 Å². The molecule has 0 bridgehead atoms. The SMILES string of the molecule is CCCC(CCO)CNCC(O)COc1cccc(Br)c1. The predicted molar refractivity (Wildman–Crippen MR) is 88.6 cm³/mol. The molecule has 0 amide bonds. The largest absolute Gasteiger partial charge is 0.491 e. The summed E-state index contributed by atoms with van der Waals surface area (Å²) < 4.78 is 6.50. The van der Waals surface area contributed by atoms with Crippen LogP contribution in [0.3, 0.4) is 0 Å². The lowest BCUT2D eigenvalue weighted by Crippen LogP contribution is -2.34. The Balaban J connectivity index is 2.19. The van der Waals surface area contributed by atoms with Gasteiger partial charge in [0.15, 0.2) is 0 Å². The zero-order valence-electron chi connectivity index (χ0n) is 12.6. The molecule has 0 saturated heterocycles. The van der Waals surface area contributed by atoms with Crippen molar-refractivity contribution in [2.24, 2.45) is 5.92 Å². The molecule has 0 spiro atoms. The van der Waals surface area contributed by atoms with E-state index in [0.29, 0.717) is 12.5 Å². The maximum atomic E-state index is 9.90. The van der Waals surface area contributed by atoms with Crippen LogP contribution in [0.4, 0.5) is 0 Å². The summed E-state index contributed by atoms with van der Waals surface area (Å²) in [6.07, 6.45) is 2.48. The molecule has 0 saturated carbocycles. The second kappa shape index (κ2) is 11.0. The van der Waals surface area contributed by atoms with E-state index >= 15 is 0 Å². The molecule has 0 aliphatic rings. The standard InChI is InChI=1S/C16H26BrNO3/c1-2-4-13(7-8-19)10-18-11-15(20)12-21-16-6-3-5-14(17)9-16/h3,5-6,9,13,15,18-20H,2,4,7-8,10-12H2,1H3. The molecule has 0 aliphatic carbocycles. The maximum Gasteiger partial charge on any atom is 0.120 e. The van der Waals surface area contributed by atoms with E-state index in [1.807, 2.05) is 24.3 Å². The van der Waals surface area contributed by atoms with E-state index in [1.54, 1.807) is 0 Å². The normalized spacial score (nSPS) is 13.9. The first-order valence-corrected chi connectivity index (χ1v) is 8.33. The number of halogens is 1. The predicted octanol–water partition coefficient (Wildman–Crippen LogP) is 2.58. The van der Waals surface area contributed by atoms with Crippen LogP contribution in [0.15, 0.2) is 28.7 Å². The summed E-state index contributed by atoms with van der Waals surface area (Å²) in [4.78, 5) is 0. The van der Waals surface area contributed by atoms with E-state index in [2.05, 4.69) is 28.2 Å². The molecule has 5 heteroatoms. The fourth-order valence-electron chi connectivity index (χ4n) is 2.20. The van der Waals surface area contributed by atoms with Crippen LogP contribution in [-0.2, 0) is 0 Å². The zero-order chi connectivity index (χ0) is 15.5. The fourth-order valence-corrected chi connectivity index (χ4v) is 2.58. The Kier molecular flexibility index (Phi) is 9.67. The monoisotopic (exact) mass is 359 g/mol. The van der Waals surface area contributed by atoms with Crippen molar-refractivity contribution in [2.75, 3.05) is 26.3 Å². The lowest BCUT2D eigenvalue weighted by atomic mass is 10.0. The number of benzene rings is 1. The number of nitrogens with one attached hydrogen (secondary N) is 1. The highest BCUT2D eigenvalue weighted by atomic mass is 79.9. The third-order valence-corrected chi connectivity index (χ3v) is 3.78. The summed E-state index contributed by atoms with van der Waals surface area (Å²) in [5, 5.41) is 22.2. The van der Waals surface area contributed by atoms with Crippen LogP contribution in [0.5, 0.6) is 5.75 Å². The van der Waals surface area contributed by atoms with E-state index in [0.717, 1.165) is 36.0 Å². The van der Waals surface area contributed by atoms with Crippen molar-refractivity contribution >= 4 is 15.9 Å². The molecule has 21 heavy (non-hydrogen) atoms. The van der Waals surface area contributed by atoms with Gasteiger partial charge in [-0.2, -0.15) is 0 Å². The molecule has 4 nitrogen and oxygen atoms in total. The highest BCUT2D eigenvalue weighted by molar-refractivity contribution is 9.10. The first kappa shape index (κ1) is 18.4. The van der Waals surface area contributed by atoms with Crippen molar-refractivity contribution in [1.82, 2.24) is 5.32 Å². The number of ether oxygens (including phenoxy) is 1. The number of rotatable bonds is 11. The molecule has 1 aromatic rings. The second-order valence-corrected chi connectivity index (χ2v) is 6.16.